The van der Waals surface area contributed by atoms with Crippen LogP contribution in [0.25, 0.3) is 0 Å². The molecule has 0 unspecified atom stereocenters. The Hall–Kier alpha value is -1.69. The van der Waals surface area contributed by atoms with Gasteiger partial charge in [-0.25, -0.2) is 0 Å². The fraction of sp³-hybridized carbons (Fsp3) is 0.462. The number of hydrogen-bond acceptors (Lipinski definition) is 3. The summed E-state index contributed by atoms with van der Waals surface area (Å²) in [6.45, 7) is 0.683. The zero-order valence-electron chi connectivity index (χ0n) is 10.8. The molecule has 0 aliphatic rings. The minimum Gasteiger partial charge on any atom is -0.435 e. The quantitative estimate of drug-likeness (QED) is 0.755. The number of alkyl halides is 2. The number of carbonyl (C=O) groups is 1. The van der Waals surface area contributed by atoms with Crippen molar-refractivity contribution >= 4 is 5.91 Å². The number of halogens is 2. The molecule has 0 radical (unpaired) electrons. The van der Waals surface area contributed by atoms with Crippen molar-refractivity contribution in [2.75, 3.05) is 19.6 Å². The van der Waals surface area contributed by atoms with Crippen LogP contribution in [0.2, 0.25) is 0 Å². The van der Waals surface area contributed by atoms with Gasteiger partial charge in [-0.3, -0.25) is 4.79 Å². The predicted octanol–water partition coefficient (Wildman–Crippen LogP) is 1.56. The van der Waals surface area contributed by atoms with E-state index < -0.39 is 6.61 Å². The first-order chi connectivity index (χ1) is 9.11. The Kier molecular flexibility index (Phi) is 6.81. The normalized spacial score (nSPS) is 10.5. The summed E-state index contributed by atoms with van der Waals surface area (Å²) in [5, 5.41) is 5.68. The average molecular weight is 272 g/mol. The highest BCUT2D eigenvalue weighted by Gasteiger charge is 2.04. The molecule has 2 N–H and O–H groups in total. The molecule has 1 aromatic rings. The van der Waals surface area contributed by atoms with Crippen LogP contribution in [0.5, 0.6) is 5.75 Å². The van der Waals surface area contributed by atoms with E-state index in [9.17, 15) is 13.6 Å². The van der Waals surface area contributed by atoms with Gasteiger partial charge in [0.1, 0.15) is 5.75 Å². The lowest BCUT2D eigenvalue weighted by Crippen LogP contribution is -2.34. The van der Waals surface area contributed by atoms with Gasteiger partial charge in [0.2, 0.25) is 5.91 Å². The van der Waals surface area contributed by atoms with Crippen LogP contribution in [-0.2, 0) is 11.2 Å². The highest BCUT2D eigenvalue weighted by Crippen LogP contribution is 2.14. The van der Waals surface area contributed by atoms with E-state index in [4.69, 9.17) is 0 Å². The molecule has 6 heteroatoms. The molecular formula is C13H18F2N2O2. The molecule has 1 amide bonds. The number of likely N-dealkylation sites (N-methyl/N-ethyl adjacent to an activating group) is 1. The molecule has 1 aromatic carbocycles. The Balaban J connectivity index is 2.28. The second-order valence-corrected chi connectivity index (χ2v) is 3.90. The van der Waals surface area contributed by atoms with Crippen molar-refractivity contribution in [1.82, 2.24) is 10.6 Å². The lowest BCUT2D eigenvalue weighted by atomic mass is 10.1. The molecule has 4 nitrogen and oxygen atoms in total. The summed E-state index contributed by atoms with van der Waals surface area (Å²) in [5.41, 5.74) is 0.949. The predicted molar refractivity (Wildman–Crippen MR) is 68.3 cm³/mol. The van der Waals surface area contributed by atoms with Gasteiger partial charge < -0.3 is 15.4 Å². The number of carbonyl (C=O) groups excluding carboxylic acids is 1. The van der Waals surface area contributed by atoms with Gasteiger partial charge in [0.15, 0.2) is 0 Å². The van der Waals surface area contributed by atoms with Crippen LogP contribution in [0.3, 0.4) is 0 Å². The Bertz CT molecular complexity index is 383. The maximum atomic E-state index is 11.9. The highest BCUT2D eigenvalue weighted by molar-refractivity contribution is 5.77. The zero-order chi connectivity index (χ0) is 14.1. The van der Waals surface area contributed by atoms with Crippen molar-refractivity contribution in [1.29, 1.82) is 0 Å². The van der Waals surface area contributed by atoms with E-state index in [0.29, 0.717) is 19.5 Å². The van der Waals surface area contributed by atoms with Crippen LogP contribution in [0, 0.1) is 0 Å². The molecule has 0 bridgehead atoms. The molecular weight excluding hydrogens is 254 g/mol. The van der Waals surface area contributed by atoms with Crippen LogP contribution < -0.4 is 15.4 Å². The molecule has 106 valence electrons. The summed E-state index contributed by atoms with van der Waals surface area (Å²) in [5.74, 6) is 0.0782. The molecule has 0 fully saturated rings. The van der Waals surface area contributed by atoms with E-state index in [1.807, 2.05) is 6.92 Å². The van der Waals surface area contributed by atoms with Crippen LogP contribution in [0.1, 0.15) is 12.5 Å². The lowest BCUT2D eigenvalue weighted by Gasteiger charge is -2.07. The number of benzene rings is 1. The van der Waals surface area contributed by atoms with E-state index in [0.717, 1.165) is 12.1 Å². The third-order valence-electron chi connectivity index (χ3n) is 2.42. The van der Waals surface area contributed by atoms with Gasteiger partial charge >= 0.3 is 6.61 Å². The van der Waals surface area contributed by atoms with Gasteiger partial charge in [0, 0.05) is 6.54 Å². The smallest absolute Gasteiger partial charge is 0.387 e. The SMILES string of the molecule is CCNCC(=O)NCCc1ccc(OC(F)F)cc1. The van der Waals surface area contributed by atoms with E-state index in [1.165, 1.54) is 12.1 Å². The standard InChI is InChI=1S/C13H18F2N2O2/c1-2-16-9-12(18)17-8-7-10-3-5-11(6-4-10)19-13(14)15/h3-6,13,16H,2,7-9H2,1H3,(H,17,18). The number of hydrogen-bond donors (Lipinski definition) is 2. The largest absolute Gasteiger partial charge is 0.435 e. The van der Waals surface area contributed by atoms with E-state index >= 15 is 0 Å². The van der Waals surface area contributed by atoms with Gasteiger partial charge in [-0.2, -0.15) is 8.78 Å². The lowest BCUT2D eigenvalue weighted by molar-refractivity contribution is -0.120. The maximum Gasteiger partial charge on any atom is 0.387 e. The van der Waals surface area contributed by atoms with E-state index in [-0.39, 0.29) is 11.7 Å². The summed E-state index contributed by atoms with van der Waals surface area (Å²) in [4.78, 5) is 11.3. The average Bonchev–Trinajstić information content (AvgIpc) is 2.38. The Morgan fingerprint density at radius 2 is 2.00 bits per heavy atom. The Morgan fingerprint density at radius 3 is 2.58 bits per heavy atom. The molecule has 1 rings (SSSR count). The minimum absolute atomic E-state index is 0.0560. The summed E-state index contributed by atoms with van der Waals surface area (Å²) >= 11 is 0. The van der Waals surface area contributed by atoms with E-state index in [1.54, 1.807) is 12.1 Å². The highest BCUT2D eigenvalue weighted by atomic mass is 19.3. The summed E-state index contributed by atoms with van der Waals surface area (Å²) in [6, 6.07) is 6.38. The van der Waals surface area contributed by atoms with Crippen LogP contribution in [-0.4, -0.2) is 32.2 Å². The van der Waals surface area contributed by atoms with Gasteiger partial charge in [0.05, 0.1) is 6.54 Å². The van der Waals surface area contributed by atoms with Crippen molar-refractivity contribution in [3.8, 4) is 5.75 Å². The van der Waals surface area contributed by atoms with Gasteiger partial charge in [-0.1, -0.05) is 19.1 Å². The number of ether oxygens (including phenoxy) is 1. The van der Waals surface area contributed by atoms with Crippen molar-refractivity contribution in [3.63, 3.8) is 0 Å². The van der Waals surface area contributed by atoms with Crippen molar-refractivity contribution in [2.24, 2.45) is 0 Å². The van der Waals surface area contributed by atoms with Crippen molar-refractivity contribution in [3.05, 3.63) is 29.8 Å². The van der Waals surface area contributed by atoms with E-state index in [2.05, 4.69) is 15.4 Å². The fourth-order valence-electron chi connectivity index (χ4n) is 1.48. The van der Waals surface area contributed by atoms with Crippen molar-refractivity contribution in [2.45, 2.75) is 20.0 Å². The zero-order valence-corrected chi connectivity index (χ0v) is 10.8. The molecule has 0 aromatic heterocycles. The summed E-state index contributed by atoms with van der Waals surface area (Å²) in [6.07, 6.45) is 0.646. The molecule has 0 atom stereocenters. The third kappa shape index (κ3) is 6.71. The molecule has 0 heterocycles. The molecule has 0 saturated carbocycles. The van der Waals surface area contributed by atoms with Gasteiger partial charge in [-0.05, 0) is 30.7 Å². The monoisotopic (exact) mass is 272 g/mol. The minimum atomic E-state index is -2.81. The molecule has 19 heavy (non-hydrogen) atoms. The maximum absolute atomic E-state index is 11.9. The first-order valence-electron chi connectivity index (χ1n) is 6.13. The van der Waals surface area contributed by atoms with Crippen LogP contribution in [0.4, 0.5) is 8.78 Å². The summed E-state index contributed by atoms with van der Waals surface area (Å²) in [7, 11) is 0. The molecule has 0 aliphatic carbocycles. The topological polar surface area (TPSA) is 50.4 Å². The first kappa shape index (κ1) is 15.4. The molecule has 0 saturated heterocycles. The fourth-order valence-corrected chi connectivity index (χ4v) is 1.48. The molecule has 0 aliphatic heterocycles. The first-order valence-corrected chi connectivity index (χ1v) is 6.13. The van der Waals surface area contributed by atoms with Crippen molar-refractivity contribution < 1.29 is 18.3 Å². The second kappa shape index (κ2) is 8.42. The number of amides is 1. The molecule has 0 spiro atoms. The van der Waals surface area contributed by atoms with Crippen LogP contribution >= 0.6 is 0 Å². The number of nitrogens with one attached hydrogen (secondary N) is 2. The Labute approximate surface area is 111 Å². The van der Waals surface area contributed by atoms with Crippen LogP contribution in [0.15, 0.2) is 24.3 Å². The Morgan fingerprint density at radius 1 is 1.32 bits per heavy atom. The third-order valence-corrected chi connectivity index (χ3v) is 2.42. The summed E-state index contributed by atoms with van der Waals surface area (Å²) < 4.78 is 28.1. The number of rotatable bonds is 8. The van der Waals surface area contributed by atoms with Gasteiger partial charge in [-0.15, -0.1) is 0 Å². The van der Waals surface area contributed by atoms with Gasteiger partial charge in [0.25, 0.3) is 0 Å². The second-order valence-electron chi connectivity index (χ2n) is 3.90.